The van der Waals surface area contributed by atoms with Crippen molar-refractivity contribution in [2.75, 3.05) is 11.4 Å². The highest BCUT2D eigenvalue weighted by atomic mass is 35.5. The second kappa shape index (κ2) is 8.71. The lowest BCUT2D eigenvalue weighted by atomic mass is 10.0. The third-order valence-corrected chi connectivity index (χ3v) is 5.37. The van der Waals surface area contributed by atoms with Gasteiger partial charge in [0.2, 0.25) is 0 Å². The normalized spacial score (nSPS) is 13.1. The molecule has 4 rings (SSSR count). The number of amides is 2. The summed E-state index contributed by atoms with van der Waals surface area (Å²) in [7, 11) is 0. The Morgan fingerprint density at radius 2 is 1.81 bits per heavy atom. The maximum absolute atomic E-state index is 13.6. The zero-order chi connectivity index (χ0) is 22.0. The van der Waals surface area contributed by atoms with Crippen LogP contribution in [0.25, 0.3) is 11.6 Å². The molecule has 0 aromatic heterocycles. The van der Waals surface area contributed by atoms with Gasteiger partial charge in [-0.1, -0.05) is 41.9 Å². The van der Waals surface area contributed by atoms with Gasteiger partial charge in [0.05, 0.1) is 0 Å². The molecular weight excluding hydrogens is 419 g/mol. The first kappa shape index (κ1) is 20.8. The van der Waals surface area contributed by atoms with Crippen molar-refractivity contribution in [1.82, 2.24) is 5.48 Å². The minimum Gasteiger partial charge on any atom is -0.308 e. The molecule has 0 fully saturated rings. The summed E-state index contributed by atoms with van der Waals surface area (Å²) < 4.78 is 13.3. The van der Waals surface area contributed by atoms with Gasteiger partial charge >= 0.3 is 0 Å². The summed E-state index contributed by atoms with van der Waals surface area (Å²) >= 11 is 6.16. The summed E-state index contributed by atoms with van der Waals surface area (Å²) in [5, 5.41) is 9.42. The van der Waals surface area contributed by atoms with E-state index in [0.29, 0.717) is 40.4 Å². The van der Waals surface area contributed by atoms with Gasteiger partial charge in [-0.3, -0.25) is 14.8 Å². The van der Waals surface area contributed by atoms with E-state index in [9.17, 15) is 14.0 Å². The van der Waals surface area contributed by atoms with Crippen LogP contribution in [0.5, 0.6) is 0 Å². The highest BCUT2D eigenvalue weighted by molar-refractivity contribution is 6.33. The van der Waals surface area contributed by atoms with Crippen LogP contribution in [0.15, 0.2) is 66.7 Å². The molecule has 0 radical (unpaired) electrons. The van der Waals surface area contributed by atoms with E-state index in [-0.39, 0.29) is 17.3 Å². The third kappa shape index (κ3) is 4.35. The predicted octanol–water partition coefficient (Wildman–Crippen LogP) is 4.73. The largest absolute Gasteiger partial charge is 0.308 e. The lowest BCUT2D eigenvalue weighted by Crippen LogP contribution is -2.30. The first-order chi connectivity index (χ1) is 15.0. The highest BCUT2D eigenvalue weighted by Gasteiger charge is 2.28. The Labute approximate surface area is 183 Å². The van der Waals surface area contributed by atoms with E-state index in [1.165, 1.54) is 12.1 Å². The number of rotatable bonds is 4. The fraction of sp³-hybridized carbons (Fsp3) is 0.0833. The van der Waals surface area contributed by atoms with Gasteiger partial charge in [0.25, 0.3) is 11.8 Å². The number of nitrogens with one attached hydrogen (secondary N) is 1. The number of nitrogens with zero attached hydrogens (tertiary/aromatic N) is 1. The van der Waals surface area contributed by atoms with Gasteiger partial charge in [0.15, 0.2) is 0 Å². The van der Waals surface area contributed by atoms with Gasteiger partial charge in [-0.25, -0.2) is 9.87 Å². The second-order valence-corrected chi connectivity index (χ2v) is 7.55. The van der Waals surface area contributed by atoms with E-state index in [0.717, 1.165) is 5.56 Å². The third-order valence-electron chi connectivity index (χ3n) is 5.14. The van der Waals surface area contributed by atoms with Gasteiger partial charge in [0, 0.05) is 28.4 Å². The van der Waals surface area contributed by atoms with Crippen LogP contribution in [-0.4, -0.2) is 23.6 Å². The molecule has 2 N–H and O–H groups in total. The number of halogens is 2. The number of hydrogen-bond acceptors (Lipinski definition) is 3. The van der Waals surface area contributed by atoms with Crippen LogP contribution in [0.2, 0.25) is 5.02 Å². The first-order valence-corrected chi connectivity index (χ1v) is 9.96. The van der Waals surface area contributed by atoms with E-state index < -0.39 is 5.91 Å². The SMILES string of the molecule is O=C(NO)c1ccc2c(c1)N(C(=O)/C(=C/c1ccc(F)cc1)c1cccc(Cl)c1)CC2. The van der Waals surface area contributed by atoms with Crippen LogP contribution in [0.1, 0.15) is 27.0 Å². The summed E-state index contributed by atoms with van der Waals surface area (Å²) in [5.74, 6) is -1.29. The van der Waals surface area contributed by atoms with Crippen molar-refractivity contribution in [3.63, 3.8) is 0 Å². The van der Waals surface area contributed by atoms with Crippen molar-refractivity contribution >= 4 is 40.8 Å². The molecule has 2 amide bonds. The van der Waals surface area contributed by atoms with Crippen molar-refractivity contribution in [2.24, 2.45) is 0 Å². The van der Waals surface area contributed by atoms with Crippen LogP contribution >= 0.6 is 11.6 Å². The molecular formula is C24H18ClFN2O3. The Hall–Kier alpha value is -3.48. The molecule has 0 saturated heterocycles. The topological polar surface area (TPSA) is 69.6 Å². The van der Waals surface area contributed by atoms with Crippen LogP contribution in [0.3, 0.4) is 0 Å². The standard InChI is InChI=1S/C24H18ClFN2O3/c25-19-3-1-2-17(13-19)21(12-15-4-8-20(26)9-5-15)24(30)28-11-10-16-6-7-18(14-22(16)28)23(29)27-31/h1-9,12-14,31H,10-11H2,(H,27,29)/b21-12+. The van der Waals surface area contributed by atoms with Crippen molar-refractivity contribution in [2.45, 2.75) is 6.42 Å². The van der Waals surface area contributed by atoms with Gasteiger partial charge in [0.1, 0.15) is 5.82 Å². The zero-order valence-corrected chi connectivity index (χ0v) is 17.1. The molecule has 0 aliphatic carbocycles. The maximum Gasteiger partial charge on any atom is 0.274 e. The van der Waals surface area contributed by atoms with Crippen molar-refractivity contribution in [1.29, 1.82) is 0 Å². The average Bonchev–Trinajstić information content (AvgIpc) is 3.21. The molecule has 0 atom stereocenters. The number of fused-ring (bicyclic) bond motifs is 1. The lowest BCUT2D eigenvalue weighted by Gasteiger charge is -2.20. The van der Waals surface area contributed by atoms with E-state index >= 15 is 0 Å². The minimum absolute atomic E-state index is 0.243. The van der Waals surface area contributed by atoms with Crippen LogP contribution in [0, 0.1) is 5.82 Å². The molecule has 1 aliphatic heterocycles. The van der Waals surface area contributed by atoms with E-state index in [2.05, 4.69) is 0 Å². The Balaban J connectivity index is 1.78. The average molecular weight is 437 g/mol. The minimum atomic E-state index is -0.654. The smallest absolute Gasteiger partial charge is 0.274 e. The molecule has 3 aromatic carbocycles. The fourth-order valence-corrected chi connectivity index (χ4v) is 3.78. The molecule has 5 nitrogen and oxygen atoms in total. The molecule has 1 heterocycles. The Kier molecular flexibility index (Phi) is 5.84. The van der Waals surface area contributed by atoms with E-state index in [4.69, 9.17) is 16.8 Å². The van der Waals surface area contributed by atoms with Crippen LogP contribution < -0.4 is 10.4 Å². The molecule has 156 valence electrons. The Morgan fingerprint density at radius 1 is 1.03 bits per heavy atom. The van der Waals surface area contributed by atoms with Crippen molar-refractivity contribution < 1.29 is 19.2 Å². The summed E-state index contributed by atoms with van der Waals surface area (Å²) in [6.45, 7) is 0.444. The van der Waals surface area contributed by atoms with Gasteiger partial charge in [-0.2, -0.15) is 0 Å². The van der Waals surface area contributed by atoms with Crippen molar-refractivity contribution in [3.8, 4) is 0 Å². The summed E-state index contributed by atoms with van der Waals surface area (Å²) in [5.41, 5.74) is 5.07. The molecule has 0 unspecified atom stereocenters. The Morgan fingerprint density at radius 3 is 2.52 bits per heavy atom. The zero-order valence-electron chi connectivity index (χ0n) is 16.3. The van der Waals surface area contributed by atoms with Crippen LogP contribution in [-0.2, 0) is 11.2 Å². The number of hydrogen-bond donors (Lipinski definition) is 2. The summed E-state index contributed by atoms with van der Waals surface area (Å²) in [6, 6.07) is 17.8. The first-order valence-electron chi connectivity index (χ1n) is 9.58. The van der Waals surface area contributed by atoms with Gasteiger partial charge in [-0.15, -0.1) is 0 Å². The molecule has 0 saturated carbocycles. The molecule has 1 aliphatic rings. The van der Waals surface area contributed by atoms with Gasteiger partial charge in [-0.05, 0) is 65.6 Å². The van der Waals surface area contributed by atoms with Gasteiger partial charge < -0.3 is 4.90 Å². The molecule has 3 aromatic rings. The fourth-order valence-electron chi connectivity index (χ4n) is 3.59. The molecule has 7 heteroatoms. The molecule has 0 bridgehead atoms. The maximum atomic E-state index is 13.6. The van der Waals surface area contributed by atoms with E-state index in [1.807, 2.05) is 0 Å². The number of carbonyl (C=O) groups is 2. The quantitative estimate of drug-likeness (QED) is 0.269. The van der Waals surface area contributed by atoms with Crippen molar-refractivity contribution in [3.05, 3.63) is 99.8 Å². The van der Waals surface area contributed by atoms with Crippen LogP contribution in [0.4, 0.5) is 10.1 Å². The Bertz CT molecular complexity index is 1190. The summed E-state index contributed by atoms with van der Waals surface area (Å²) in [4.78, 5) is 27.1. The van der Waals surface area contributed by atoms with E-state index in [1.54, 1.807) is 71.1 Å². The highest BCUT2D eigenvalue weighted by Crippen LogP contribution is 2.33. The lowest BCUT2D eigenvalue weighted by molar-refractivity contribution is -0.113. The number of anilines is 1. The summed E-state index contributed by atoms with van der Waals surface area (Å²) in [6.07, 6.45) is 2.33. The molecule has 31 heavy (non-hydrogen) atoms. The number of carbonyl (C=O) groups excluding carboxylic acids is 2. The monoisotopic (exact) mass is 436 g/mol. The second-order valence-electron chi connectivity index (χ2n) is 7.11. The predicted molar refractivity (Wildman–Crippen MR) is 117 cm³/mol. The number of benzene rings is 3. The number of hydroxylamine groups is 1. The molecule has 0 spiro atoms.